The van der Waals surface area contributed by atoms with Crippen LogP contribution in [0.3, 0.4) is 0 Å². The molecule has 0 saturated carbocycles. The van der Waals surface area contributed by atoms with Crippen molar-refractivity contribution in [2.75, 3.05) is 6.54 Å². The second kappa shape index (κ2) is 2.89. The maximum absolute atomic E-state index is 11.2. The van der Waals surface area contributed by atoms with Crippen LogP contribution in [0.15, 0.2) is 12.2 Å². The SMILES string of the molecule is C=C(C)C(=O)N1CCC(=O)C1=O. The second-order valence-electron chi connectivity index (χ2n) is 2.72. The van der Waals surface area contributed by atoms with Gasteiger partial charge < -0.3 is 0 Å². The molecule has 1 aliphatic heterocycles. The number of carbonyl (C=O) groups excluding carboxylic acids is 3. The molecular weight excluding hydrogens is 158 g/mol. The lowest BCUT2D eigenvalue weighted by Crippen LogP contribution is -2.34. The number of Topliss-reactive ketones (excluding diaryl/α,β-unsaturated/α-hetero) is 1. The van der Waals surface area contributed by atoms with Crippen molar-refractivity contribution in [1.82, 2.24) is 4.90 Å². The summed E-state index contributed by atoms with van der Waals surface area (Å²) < 4.78 is 0. The van der Waals surface area contributed by atoms with Crippen LogP contribution in [0.25, 0.3) is 0 Å². The number of amides is 2. The lowest BCUT2D eigenvalue weighted by atomic mass is 10.3. The van der Waals surface area contributed by atoms with E-state index in [1.807, 2.05) is 0 Å². The van der Waals surface area contributed by atoms with Crippen molar-refractivity contribution in [3.63, 3.8) is 0 Å². The van der Waals surface area contributed by atoms with Gasteiger partial charge in [0.1, 0.15) is 0 Å². The average Bonchev–Trinajstić information content (AvgIpc) is 2.32. The molecule has 2 amide bonds. The Morgan fingerprint density at radius 3 is 2.42 bits per heavy atom. The zero-order chi connectivity index (χ0) is 9.30. The molecule has 1 saturated heterocycles. The largest absolute Gasteiger partial charge is 0.296 e. The summed E-state index contributed by atoms with van der Waals surface area (Å²) in [6.45, 7) is 5.11. The first kappa shape index (κ1) is 8.64. The van der Waals surface area contributed by atoms with E-state index in [1.165, 1.54) is 6.92 Å². The van der Waals surface area contributed by atoms with Crippen LogP contribution in [-0.2, 0) is 14.4 Å². The molecule has 4 nitrogen and oxygen atoms in total. The lowest BCUT2D eigenvalue weighted by Gasteiger charge is -2.11. The van der Waals surface area contributed by atoms with Crippen LogP contribution >= 0.6 is 0 Å². The van der Waals surface area contributed by atoms with E-state index in [0.29, 0.717) is 0 Å². The van der Waals surface area contributed by atoms with Crippen molar-refractivity contribution < 1.29 is 14.4 Å². The Morgan fingerprint density at radius 1 is 1.50 bits per heavy atom. The van der Waals surface area contributed by atoms with Crippen molar-refractivity contribution in [3.8, 4) is 0 Å². The van der Waals surface area contributed by atoms with Crippen LogP contribution in [0.1, 0.15) is 13.3 Å². The van der Waals surface area contributed by atoms with Crippen LogP contribution in [0, 0.1) is 0 Å². The number of nitrogens with zero attached hydrogens (tertiary/aromatic N) is 1. The first-order valence-electron chi connectivity index (χ1n) is 3.58. The molecule has 0 spiro atoms. The molecular formula is C8H9NO3. The summed E-state index contributed by atoms with van der Waals surface area (Å²) in [4.78, 5) is 33.8. The minimum Gasteiger partial charge on any atom is -0.289 e. The van der Waals surface area contributed by atoms with Gasteiger partial charge >= 0.3 is 0 Å². The average molecular weight is 167 g/mol. The van der Waals surface area contributed by atoms with E-state index in [1.54, 1.807) is 0 Å². The van der Waals surface area contributed by atoms with Crippen LogP contribution < -0.4 is 0 Å². The van der Waals surface area contributed by atoms with Crippen LogP contribution in [-0.4, -0.2) is 29.0 Å². The fourth-order valence-corrected chi connectivity index (χ4v) is 0.997. The van der Waals surface area contributed by atoms with Gasteiger partial charge in [-0.05, 0) is 6.92 Å². The Bertz CT molecular complexity index is 280. The first-order chi connectivity index (χ1) is 5.54. The van der Waals surface area contributed by atoms with Crippen LogP contribution in [0.5, 0.6) is 0 Å². The van der Waals surface area contributed by atoms with E-state index < -0.39 is 17.6 Å². The van der Waals surface area contributed by atoms with E-state index in [4.69, 9.17) is 0 Å². The summed E-state index contributed by atoms with van der Waals surface area (Å²) in [7, 11) is 0. The zero-order valence-electron chi connectivity index (χ0n) is 6.79. The number of likely N-dealkylation sites (tertiary alicyclic amines) is 1. The second-order valence-corrected chi connectivity index (χ2v) is 2.72. The summed E-state index contributed by atoms with van der Waals surface area (Å²) in [6, 6.07) is 0. The maximum atomic E-state index is 11.2. The predicted molar refractivity (Wildman–Crippen MR) is 41.2 cm³/mol. The molecule has 0 aromatic carbocycles. The molecule has 12 heavy (non-hydrogen) atoms. The highest BCUT2D eigenvalue weighted by Crippen LogP contribution is 2.09. The number of hydrogen-bond donors (Lipinski definition) is 0. The molecule has 0 bridgehead atoms. The molecule has 0 unspecified atom stereocenters. The molecule has 0 aliphatic carbocycles. The molecule has 1 aliphatic rings. The molecule has 1 heterocycles. The highest BCUT2D eigenvalue weighted by Gasteiger charge is 2.33. The van der Waals surface area contributed by atoms with Gasteiger partial charge in [0.05, 0.1) is 0 Å². The van der Waals surface area contributed by atoms with Crippen LogP contribution in [0.4, 0.5) is 0 Å². The van der Waals surface area contributed by atoms with Gasteiger partial charge in [-0.1, -0.05) is 6.58 Å². The van der Waals surface area contributed by atoms with Crippen molar-refractivity contribution in [2.24, 2.45) is 0 Å². The van der Waals surface area contributed by atoms with E-state index in [0.717, 1.165) is 4.90 Å². The van der Waals surface area contributed by atoms with Crippen molar-refractivity contribution in [2.45, 2.75) is 13.3 Å². The third-order valence-corrected chi connectivity index (χ3v) is 1.66. The molecule has 0 aromatic heterocycles. The van der Waals surface area contributed by atoms with Gasteiger partial charge in [-0.2, -0.15) is 0 Å². The van der Waals surface area contributed by atoms with Gasteiger partial charge in [0.15, 0.2) is 0 Å². The van der Waals surface area contributed by atoms with E-state index >= 15 is 0 Å². The number of ketones is 1. The Morgan fingerprint density at radius 2 is 2.08 bits per heavy atom. The van der Waals surface area contributed by atoms with Crippen molar-refractivity contribution >= 4 is 17.6 Å². The number of imide groups is 1. The number of hydrogen-bond acceptors (Lipinski definition) is 3. The highest BCUT2D eigenvalue weighted by molar-refractivity contribution is 6.41. The van der Waals surface area contributed by atoms with Gasteiger partial charge in [-0.25, -0.2) is 0 Å². The minimum absolute atomic E-state index is 0.137. The van der Waals surface area contributed by atoms with Gasteiger partial charge in [-0.15, -0.1) is 0 Å². The van der Waals surface area contributed by atoms with Crippen molar-refractivity contribution in [1.29, 1.82) is 0 Å². The molecule has 0 aromatic rings. The third-order valence-electron chi connectivity index (χ3n) is 1.66. The normalized spacial score (nSPS) is 16.9. The standard InChI is InChI=1S/C8H9NO3/c1-5(2)7(11)9-4-3-6(10)8(9)12/h1,3-4H2,2H3. The minimum atomic E-state index is -0.706. The fraction of sp³-hybridized carbons (Fsp3) is 0.375. The maximum Gasteiger partial charge on any atom is 0.296 e. The lowest BCUT2D eigenvalue weighted by molar-refractivity contribution is -0.145. The quantitative estimate of drug-likeness (QED) is 0.404. The molecule has 64 valence electrons. The van der Waals surface area contributed by atoms with Gasteiger partial charge in [0, 0.05) is 18.5 Å². The summed E-state index contributed by atoms with van der Waals surface area (Å²) in [6.07, 6.45) is 0.137. The van der Waals surface area contributed by atoms with E-state index in [-0.39, 0.29) is 18.5 Å². The van der Waals surface area contributed by atoms with Gasteiger partial charge in [0.25, 0.3) is 11.8 Å². The Hall–Kier alpha value is -1.45. The summed E-state index contributed by atoms with van der Waals surface area (Å²) in [5.41, 5.74) is 0.276. The molecule has 1 rings (SSSR count). The first-order valence-corrected chi connectivity index (χ1v) is 3.58. The molecule has 0 N–H and O–H groups in total. The van der Waals surface area contributed by atoms with E-state index in [9.17, 15) is 14.4 Å². The van der Waals surface area contributed by atoms with Gasteiger partial charge in [-0.3, -0.25) is 19.3 Å². The molecule has 1 fully saturated rings. The van der Waals surface area contributed by atoms with Crippen LogP contribution in [0.2, 0.25) is 0 Å². The summed E-state index contributed by atoms with van der Waals surface area (Å²) >= 11 is 0. The Labute approximate surface area is 69.8 Å². The number of carbonyl (C=O) groups is 3. The summed E-state index contributed by atoms with van der Waals surface area (Å²) in [5, 5.41) is 0. The van der Waals surface area contributed by atoms with E-state index in [2.05, 4.69) is 6.58 Å². The summed E-state index contributed by atoms with van der Waals surface area (Å²) in [5.74, 6) is -1.65. The Balaban J connectivity index is 2.79. The molecule has 0 atom stereocenters. The predicted octanol–water partition coefficient (Wildman–Crippen LogP) is -0.110. The van der Waals surface area contributed by atoms with Gasteiger partial charge in [0.2, 0.25) is 5.78 Å². The highest BCUT2D eigenvalue weighted by atomic mass is 16.2. The monoisotopic (exact) mass is 167 g/mol. The Kier molecular flexibility index (Phi) is 2.08. The fourth-order valence-electron chi connectivity index (χ4n) is 0.997. The third kappa shape index (κ3) is 1.28. The smallest absolute Gasteiger partial charge is 0.289 e. The number of rotatable bonds is 1. The van der Waals surface area contributed by atoms with Crippen molar-refractivity contribution in [3.05, 3.63) is 12.2 Å². The molecule has 4 heteroatoms. The topological polar surface area (TPSA) is 54.5 Å². The zero-order valence-corrected chi connectivity index (χ0v) is 6.79. The molecule has 0 radical (unpaired) electrons.